The number of rotatable bonds is 10. The molecule has 1 heterocycles. The van der Waals surface area contributed by atoms with Gasteiger partial charge in [0.15, 0.2) is 0 Å². The maximum Gasteiger partial charge on any atom is 0.328 e. The molecule has 0 amide bonds. The van der Waals surface area contributed by atoms with Crippen molar-refractivity contribution >= 4 is 23.4 Å². The maximum atomic E-state index is 10.4. The van der Waals surface area contributed by atoms with Crippen LogP contribution in [0.5, 0.6) is 0 Å². The van der Waals surface area contributed by atoms with Gasteiger partial charge in [0.2, 0.25) is 0 Å². The van der Waals surface area contributed by atoms with Gasteiger partial charge in [0, 0.05) is 18.1 Å². The molecule has 0 fully saturated rings. The van der Waals surface area contributed by atoms with Gasteiger partial charge >= 0.3 is 5.97 Å². The summed E-state index contributed by atoms with van der Waals surface area (Å²) >= 11 is 1.54. The van der Waals surface area contributed by atoms with Gasteiger partial charge in [-0.2, -0.15) is 0 Å². The molecular weight excluding hydrogens is 268 g/mol. The second kappa shape index (κ2) is 9.69. The highest BCUT2D eigenvalue weighted by molar-refractivity contribution is 7.10. The van der Waals surface area contributed by atoms with E-state index < -0.39 is 5.97 Å². The Kier molecular flexibility index (Phi) is 8.08. The first-order valence-electron chi connectivity index (χ1n) is 5.85. The standard InChI is InChI=1S/C13H18O5S/c1-16-4-5-17-6-7-18-9-12-8-11(10-19-12)2-3-13(14)15/h2-3,8,10H,4-7,9H2,1H3,(H,14,15)/b3-2+. The van der Waals surface area contributed by atoms with Crippen LogP contribution >= 0.6 is 11.3 Å². The van der Waals surface area contributed by atoms with Crippen LogP contribution in [0.15, 0.2) is 17.5 Å². The smallest absolute Gasteiger partial charge is 0.328 e. The number of thiophene rings is 1. The maximum absolute atomic E-state index is 10.4. The minimum atomic E-state index is -0.947. The van der Waals surface area contributed by atoms with Gasteiger partial charge in [-0.3, -0.25) is 0 Å². The van der Waals surface area contributed by atoms with Crippen molar-refractivity contribution in [3.63, 3.8) is 0 Å². The zero-order valence-corrected chi connectivity index (χ0v) is 11.6. The molecule has 1 aromatic rings. The molecule has 0 atom stereocenters. The summed E-state index contributed by atoms with van der Waals surface area (Å²) < 4.78 is 15.5. The van der Waals surface area contributed by atoms with E-state index >= 15 is 0 Å². The lowest BCUT2D eigenvalue weighted by Crippen LogP contribution is -2.07. The number of hydrogen-bond donors (Lipinski definition) is 1. The van der Waals surface area contributed by atoms with Crippen LogP contribution in [0, 0.1) is 0 Å². The second-order valence-electron chi connectivity index (χ2n) is 3.68. The molecule has 1 aromatic heterocycles. The van der Waals surface area contributed by atoms with Crippen molar-refractivity contribution in [3.05, 3.63) is 28.0 Å². The van der Waals surface area contributed by atoms with Crippen molar-refractivity contribution < 1.29 is 24.1 Å². The fourth-order valence-electron chi connectivity index (χ4n) is 1.26. The zero-order chi connectivity index (χ0) is 13.9. The van der Waals surface area contributed by atoms with Gasteiger partial charge in [-0.1, -0.05) is 0 Å². The Morgan fingerprint density at radius 3 is 2.79 bits per heavy atom. The van der Waals surface area contributed by atoms with E-state index in [1.54, 1.807) is 24.5 Å². The normalized spacial score (nSPS) is 11.2. The highest BCUT2D eigenvalue weighted by atomic mass is 32.1. The Morgan fingerprint density at radius 1 is 1.32 bits per heavy atom. The van der Waals surface area contributed by atoms with E-state index in [4.69, 9.17) is 19.3 Å². The van der Waals surface area contributed by atoms with Crippen molar-refractivity contribution in [2.24, 2.45) is 0 Å². The monoisotopic (exact) mass is 286 g/mol. The summed E-state index contributed by atoms with van der Waals surface area (Å²) in [4.78, 5) is 11.4. The van der Waals surface area contributed by atoms with Crippen LogP contribution in [0.4, 0.5) is 0 Å². The number of carboxylic acid groups (broad SMARTS) is 1. The van der Waals surface area contributed by atoms with Gasteiger partial charge in [0.25, 0.3) is 0 Å². The zero-order valence-electron chi connectivity index (χ0n) is 10.8. The predicted octanol–water partition coefficient (Wildman–Crippen LogP) is 2.03. The molecule has 6 heteroatoms. The van der Waals surface area contributed by atoms with Crippen LogP contribution in [0.3, 0.4) is 0 Å². The van der Waals surface area contributed by atoms with Crippen molar-refractivity contribution in [1.29, 1.82) is 0 Å². The third-order valence-electron chi connectivity index (χ3n) is 2.14. The van der Waals surface area contributed by atoms with Crippen LogP contribution in [0.1, 0.15) is 10.4 Å². The minimum absolute atomic E-state index is 0.513. The molecular formula is C13H18O5S. The predicted molar refractivity (Wildman–Crippen MR) is 73.3 cm³/mol. The van der Waals surface area contributed by atoms with Crippen molar-refractivity contribution in [2.75, 3.05) is 33.5 Å². The van der Waals surface area contributed by atoms with Crippen LogP contribution in [0.2, 0.25) is 0 Å². The molecule has 0 saturated heterocycles. The molecule has 106 valence electrons. The van der Waals surface area contributed by atoms with Gasteiger partial charge in [-0.15, -0.1) is 11.3 Å². The fourth-order valence-corrected chi connectivity index (χ4v) is 2.05. The van der Waals surface area contributed by atoms with E-state index in [9.17, 15) is 4.79 Å². The van der Waals surface area contributed by atoms with E-state index in [-0.39, 0.29) is 0 Å². The third kappa shape index (κ3) is 7.74. The van der Waals surface area contributed by atoms with E-state index in [2.05, 4.69) is 0 Å². The first-order chi connectivity index (χ1) is 9.22. The van der Waals surface area contributed by atoms with E-state index in [0.717, 1.165) is 16.5 Å². The number of carboxylic acids is 1. The van der Waals surface area contributed by atoms with Crippen LogP contribution < -0.4 is 0 Å². The van der Waals surface area contributed by atoms with E-state index in [0.29, 0.717) is 33.0 Å². The lowest BCUT2D eigenvalue weighted by molar-refractivity contribution is -0.131. The summed E-state index contributed by atoms with van der Waals surface area (Å²) in [6.07, 6.45) is 2.69. The summed E-state index contributed by atoms with van der Waals surface area (Å²) in [6.45, 7) is 2.74. The SMILES string of the molecule is COCCOCCOCc1cc(/C=C/C(=O)O)cs1. The number of hydrogen-bond acceptors (Lipinski definition) is 5. The first kappa shape index (κ1) is 15.8. The van der Waals surface area contributed by atoms with Crippen LogP contribution in [0.25, 0.3) is 6.08 Å². The topological polar surface area (TPSA) is 65.0 Å². The molecule has 1 rings (SSSR count). The number of carbonyl (C=O) groups is 1. The van der Waals surface area contributed by atoms with Gasteiger partial charge in [-0.25, -0.2) is 4.79 Å². The molecule has 5 nitrogen and oxygen atoms in total. The number of aliphatic carboxylic acids is 1. The third-order valence-corrected chi connectivity index (χ3v) is 3.07. The Labute approximate surface area is 116 Å². The first-order valence-corrected chi connectivity index (χ1v) is 6.73. The van der Waals surface area contributed by atoms with Crippen LogP contribution in [-0.2, 0) is 25.6 Å². The molecule has 0 saturated carbocycles. The molecule has 0 aliphatic rings. The van der Waals surface area contributed by atoms with Gasteiger partial charge in [0.1, 0.15) is 0 Å². The van der Waals surface area contributed by atoms with Crippen molar-refractivity contribution in [3.8, 4) is 0 Å². The second-order valence-corrected chi connectivity index (χ2v) is 4.67. The molecule has 19 heavy (non-hydrogen) atoms. The highest BCUT2D eigenvalue weighted by Gasteiger charge is 1.98. The van der Waals surface area contributed by atoms with E-state index in [1.165, 1.54) is 0 Å². The lowest BCUT2D eigenvalue weighted by Gasteiger charge is -2.04. The van der Waals surface area contributed by atoms with Gasteiger partial charge in [-0.05, 0) is 23.1 Å². The van der Waals surface area contributed by atoms with Gasteiger partial charge < -0.3 is 19.3 Å². The summed E-state index contributed by atoms with van der Waals surface area (Å²) in [5.41, 5.74) is 0.877. The number of ether oxygens (including phenoxy) is 3. The molecule has 0 bridgehead atoms. The number of methoxy groups -OCH3 is 1. The average molecular weight is 286 g/mol. The lowest BCUT2D eigenvalue weighted by atomic mass is 10.3. The van der Waals surface area contributed by atoms with Crippen LogP contribution in [-0.4, -0.2) is 44.6 Å². The van der Waals surface area contributed by atoms with Crippen molar-refractivity contribution in [2.45, 2.75) is 6.61 Å². The Bertz CT molecular complexity index is 399. The quantitative estimate of drug-likeness (QED) is 0.526. The fraction of sp³-hybridized carbons (Fsp3) is 0.462. The average Bonchev–Trinajstić information content (AvgIpc) is 2.83. The summed E-state index contributed by atoms with van der Waals surface area (Å²) in [6, 6.07) is 1.91. The summed E-state index contributed by atoms with van der Waals surface area (Å²) in [5, 5.41) is 10.4. The Balaban J connectivity index is 2.14. The molecule has 0 aromatic carbocycles. The highest BCUT2D eigenvalue weighted by Crippen LogP contribution is 2.16. The summed E-state index contributed by atoms with van der Waals surface area (Å²) in [5.74, 6) is -0.947. The minimum Gasteiger partial charge on any atom is -0.478 e. The molecule has 0 aliphatic carbocycles. The molecule has 0 radical (unpaired) electrons. The molecule has 0 unspecified atom stereocenters. The molecule has 1 N–H and O–H groups in total. The van der Waals surface area contributed by atoms with E-state index in [1.807, 2.05) is 11.4 Å². The van der Waals surface area contributed by atoms with Gasteiger partial charge in [0.05, 0.1) is 33.0 Å². The summed E-state index contributed by atoms with van der Waals surface area (Å²) in [7, 11) is 1.63. The molecule has 0 aliphatic heterocycles. The molecule has 0 spiro atoms. The van der Waals surface area contributed by atoms with Crippen molar-refractivity contribution in [1.82, 2.24) is 0 Å². The largest absolute Gasteiger partial charge is 0.478 e. The Morgan fingerprint density at radius 2 is 2.05 bits per heavy atom. The Hall–Kier alpha value is -1.21.